The second-order valence-electron chi connectivity index (χ2n) is 10.5. The van der Waals surface area contributed by atoms with E-state index in [-0.39, 0.29) is 29.5 Å². The summed E-state index contributed by atoms with van der Waals surface area (Å²) in [6.07, 6.45) is 4.56. The molecule has 0 spiro atoms. The zero-order valence-corrected chi connectivity index (χ0v) is 21.6. The third kappa shape index (κ3) is 4.97. The van der Waals surface area contributed by atoms with Gasteiger partial charge in [0.15, 0.2) is 5.65 Å². The van der Waals surface area contributed by atoms with Crippen LogP contribution in [0.4, 0.5) is 0 Å². The molecule has 0 aromatic carbocycles. The highest BCUT2D eigenvalue weighted by Gasteiger charge is 2.23. The molecule has 1 amide bonds. The predicted octanol–water partition coefficient (Wildman–Crippen LogP) is 4.52. The first-order valence-corrected chi connectivity index (χ1v) is 12.1. The van der Waals surface area contributed by atoms with E-state index in [0.717, 1.165) is 34.7 Å². The summed E-state index contributed by atoms with van der Waals surface area (Å²) in [5.74, 6) is -0.262. The van der Waals surface area contributed by atoms with Gasteiger partial charge in [0.05, 0.1) is 22.8 Å². The van der Waals surface area contributed by atoms with Gasteiger partial charge < -0.3 is 10.3 Å². The van der Waals surface area contributed by atoms with Gasteiger partial charge in [-0.3, -0.25) is 14.6 Å². The molecular formula is C27H34N6O2. The van der Waals surface area contributed by atoms with Gasteiger partial charge in [-0.1, -0.05) is 20.8 Å². The van der Waals surface area contributed by atoms with Crippen LogP contribution in [0.5, 0.6) is 0 Å². The molecule has 0 fully saturated rings. The van der Waals surface area contributed by atoms with Gasteiger partial charge in [0.25, 0.3) is 11.5 Å². The number of nitrogens with zero attached hydrogens (tertiary/aromatic N) is 4. The van der Waals surface area contributed by atoms with Gasteiger partial charge in [0.2, 0.25) is 0 Å². The number of carbonyl (C=O) groups is 1. The molecule has 3 aromatic rings. The highest BCUT2D eigenvalue weighted by Crippen LogP contribution is 2.30. The molecule has 0 unspecified atom stereocenters. The lowest BCUT2D eigenvalue weighted by Crippen LogP contribution is -2.28. The summed E-state index contributed by atoms with van der Waals surface area (Å²) in [6, 6.07) is 3.84. The summed E-state index contributed by atoms with van der Waals surface area (Å²) in [7, 11) is 0. The minimum Gasteiger partial charge on any atom is -0.348 e. The van der Waals surface area contributed by atoms with Crippen molar-refractivity contribution in [1.29, 1.82) is 0 Å². The van der Waals surface area contributed by atoms with E-state index in [1.54, 1.807) is 6.20 Å². The number of dihydropyridines is 1. The Balaban J connectivity index is 1.76. The molecule has 4 rings (SSSR count). The van der Waals surface area contributed by atoms with Gasteiger partial charge in [-0.15, -0.1) is 0 Å². The number of aromatic amines is 1. The smallest absolute Gasteiger partial charge is 0.253 e. The summed E-state index contributed by atoms with van der Waals surface area (Å²) < 4.78 is 1.84. The molecule has 1 aliphatic heterocycles. The van der Waals surface area contributed by atoms with Crippen molar-refractivity contribution in [2.24, 2.45) is 10.4 Å². The maximum Gasteiger partial charge on any atom is 0.253 e. The molecule has 8 heteroatoms. The zero-order chi connectivity index (χ0) is 25.5. The third-order valence-electron chi connectivity index (χ3n) is 6.29. The minimum atomic E-state index is -0.262. The number of hydrogen-bond donors (Lipinski definition) is 2. The van der Waals surface area contributed by atoms with Crippen molar-refractivity contribution >= 4 is 28.2 Å². The summed E-state index contributed by atoms with van der Waals surface area (Å²) in [5.41, 5.74) is 5.95. The Morgan fingerprint density at radius 2 is 1.97 bits per heavy atom. The number of carbonyl (C=O) groups excluding carboxylic acids is 1. The lowest BCUT2D eigenvalue weighted by Gasteiger charge is -2.23. The molecule has 184 valence electrons. The maximum absolute atomic E-state index is 13.4. The summed E-state index contributed by atoms with van der Waals surface area (Å²) in [5, 5.41) is 8.14. The van der Waals surface area contributed by atoms with Crippen LogP contribution in [-0.4, -0.2) is 37.9 Å². The molecule has 0 radical (unpaired) electrons. The van der Waals surface area contributed by atoms with E-state index in [2.05, 4.69) is 42.2 Å². The quantitative estimate of drug-likeness (QED) is 0.567. The standard InChI is InChI=1S/C27H34N6O2/c1-15(2)33-24-21(14-30-33)19(25(34)29-13-20-16(3)10-17(4)31-26(20)35)12-22(32-24)18-8-9-28-23(11-18)27(5,6)7/h10-12,14-15H,8-9,13H2,1-7H3,(H,29,34)(H,31,35). The SMILES string of the molecule is Cc1cc(C)c(CNC(=O)c2cc(C3=CC(C(C)(C)C)=NCC3)nc3c2cnn3C(C)C)c(=O)[nH]1. The van der Waals surface area contributed by atoms with Crippen molar-refractivity contribution in [1.82, 2.24) is 25.1 Å². The maximum atomic E-state index is 13.4. The van der Waals surface area contributed by atoms with Gasteiger partial charge in [-0.2, -0.15) is 5.10 Å². The highest BCUT2D eigenvalue weighted by atomic mass is 16.1. The van der Waals surface area contributed by atoms with Crippen LogP contribution in [0, 0.1) is 19.3 Å². The van der Waals surface area contributed by atoms with E-state index in [4.69, 9.17) is 9.98 Å². The number of aromatic nitrogens is 4. The van der Waals surface area contributed by atoms with Crippen molar-refractivity contribution in [2.75, 3.05) is 6.54 Å². The van der Waals surface area contributed by atoms with Crippen LogP contribution in [0.15, 0.2) is 34.2 Å². The third-order valence-corrected chi connectivity index (χ3v) is 6.29. The summed E-state index contributed by atoms with van der Waals surface area (Å²) in [6.45, 7) is 15.1. The number of allylic oxidation sites excluding steroid dienone is 1. The predicted molar refractivity (Wildman–Crippen MR) is 140 cm³/mol. The average molecular weight is 475 g/mol. The number of aryl methyl sites for hydroxylation is 2. The molecule has 8 nitrogen and oxygen atoms in total. The molecule has 0 saturated carbocycles. The summed E-state index contributed by atoms with van der Waals surface area (Å²) in [4.78, 5) is 38.3. The first-order chi connectivity index (χ1) is 16.5. The van der Waals surface area contributed by atoms with Crippen molar-refractivity contribution in [3.8, 4) is 0 Å². The van der Waals surface area contributed by atoms with Crippen LogP contribution < -0.4 is 10.9 Å². The van der Waals surface area contributed by atoms with Gasteiger partial charge in [-0.05, 0) is 63.5 Å². The number of hydrogen-bond acceptors (Lipinski definition) is 5. The molecule has 0 aliphatic carbocycles. The molecule has 1 aliphatic rings. The van der Waals surface area contributed by atoms with E-state index < -0.39 is 0 Å². The Hall–Kier alpha value is -3.55. The monoisotopic (exact) mass is 474 g/mol. The van der Waals surface area contributed by atoms with Gasteiger partial charge >= 0.3 is 0 Å². The number of pyridine rings is 2. The normalized spacial score (nSPS) is 14.3. The Labute approximate surface area is 205 Å². The summed E-state index contributed by atoms with van der Waals surface area (Å²) >= 11 is 0. The van der Waals surface area contributed by atoms with Crippen LogP contribution in [0.25, 0.3) is 16.6 Å². The average Bonchev–Trinajstić information content (AvgIpc) is 3.21. The van der Waals surface area contributed by atoms with E-state index in [9.17, 15) is 9.59 Å². The zero-order valence-electron chi connectivity index (χ0n) is 21.6. The van der Waals surface area contributed by atoms with Gasteiger partial charge in [0.1, 0.15) is 0 Å². The fourth-order valence-corrected chi connectivity index (χ4v) is 4.35. The number of H-pyrrole nitrogens is 1. The fourth-order valence-electron chi connectivity index (χ4n) is 4.35. The molecule has 0 atom stereocenters. The fraction of sp³-hybridized carbons (Fsp3) is 0.444. The molecule has 0 saturated heterocycles. The van der Waals surface area contributed by atoms with E-state index in [1.807, 2.05) is 44.5 Å². The number of aliphatic imine (C=N–C) groups is 1. The van der Waals surface area contributed by atoms with Crippen molar-refractivity contribution < 1.29 is 4.79 Å². The van der Waals surface area contributed by atoms with Gasteiger partial charge in [-0.25, -0.2) is 9.67 Å². The van der Waals surface area contributed by atoms with Crippen LogP contribution in [0.1, 0.15) is 80.0 Å². The molecule has 35 heavy (non-hydrogen) atoms. The van der Waals surface area contributed by atoms with Crippen molar-refractivity contribution in [2.45, 2.75) is 67.5 Å². The van der Waals surface area contributed by atoms with Crippen molar-refractivity contribution in [3.63, 3.8) is 0 Å². The Bertz CT molecular complexity index is 1420. The van der Waals surface area contributed by atoms with E-state index in [0.29, 0.717) is 28.7 Å². The Kier molecular flexibility index (Phi) is 6.49. The van der Waals surface area contributed by atoms with Crippen LogP contribution in [0.2, 0.25) is 0 Å². The second kappa shape index (κ2) is 9.24. The molecule has 2 N–H and O–H groups in total. The van der Waals surface area contributed by atoms with Crippen LogP contribution in [-0.2, 0) is 6.54 Å². The number of rotatable bonds is 5. The Morgan fingerprint density at radius 3 is 2.63 bits per heavy atom. The number of fused-ring (bicyclic) bond motifs is 1. The molecule has 4 heterocycles. The van der Waals surface area contributed by atoms with Crippen LogP contribution >= 0.6 is 0 Å². The Morgan fingerprint density at radius 1 is 1.23 bits per heavy atom. The first-order valence-electron chi connectivity index (χ1n) is 12.1. The van der Waals surface area contributed by atoms with Gasteiger partial charge in [0, 0.05) is 41.5 Å². The lowest BCUT2D eigenvalue weighted by molar-refractivity contribution is 0.0952. The second-order valence-corrected chi connectivity index (χ2v) is 10.5. The van der Waals surface area contributed by atoms with Crippen LogP contribution in [0.3, 0.4) is 0 Å². The minimum absolute atomic E-state index is 0.0748. The lowest BCUT2D eigenvalue weighted by atomic mass is 9.86. The van der Waals surface area contributed by atoms with Crippen molar-refractivity contribution in [3.05, 3.63) is 62.8 Å². The molecule has 0 bridgehead atoms. The topological polar surface area (TPSA) is 105 Å². The van der Waals surface area contributed by atoms with E-state index in [1.165, 1.54) is 0 Å². The largest absolute Gasteiger partial charge is 0.348 e. The number of amides is 1. The first kappa shape index (κ1) is 24.6. The molecule has 3 aromatic heterocycles. The van der Waals surface area contributed by atoms with E-state index >= 15 is 0 Å². The number of nitrogens with one attached hydrogen (secondary N) is 2. The highest BCUT2D eigenvalue weighted by molar-refractivity contribution is 6.08. The molecular weight excluding hydrogens is 440 g/mol.